The smallest absolute Gasteiger partial charge is 0.167 e. The molecule has 0 aliphatic heterocycles. The molecular weight excluding hydrogens is 228 g/mol. The fourth-order valence-electron chi connectivity index (χ4n) is 1.91. The average Bonchev–Trinajstić information content (AvgIpc) is 2.34. The quantitative estimate of drug-likeness (QED) is 0.725. The number of aromatic hydroxyl groups is 2. The molecule has 0 amide bonds. The first-order valence-corrected chi connectivity index (χ1v) is 5.89. The molecule has 0 atom stereocenters. The van der Waals surface area contributed by atoms with Crippen LogP contribution in [0, 0.1) is 0 Å². The number of nitrogens with two attached hydrogens (primary N) is 1. The van der Waals surface area contributed by atoms with Gasteiger partial charge < -0.3 is 15.9 Å². The summed E-state index contributed by atoms with van der Waals surface area (Å²) in [5.41, 5.74) is 7.65. The lowest BCUT2D eigenvalue weighted by Gasteiger charge is -2.09. The molecule has 1 aromatic carbocycles. The molecule has 1 heterocycles. The third kappa shape index (κ3) is 2.37. The number of phenolic OH excluding ortho intramolecular Hbond substituents is 2. The normalized spacial score (nSPS) is 10.5. The number of rotatable bonds is 3. The monoisotopic (exact) mass is 244 g/mol. The Morgan fingerprint density at radius 3 is 2.67 bits per heavy atom. The van der Waals surface area contributed by atoms with Gasteiger partial charge in [0.15, 0.2) is 11.5 Å². The van der Waals surface area contributed by atoms with Crippen LogP contribution in [-0.2, 0) is 6.42 Å². The van der Waals surface area contributed by atoms with E-state index in [9.17, 15) is 10.2 Å². The molecular formula is C14H16N2O2. The molecule has 0 saturated carbocycles. The highest BCUT2D eigenvalue weighted by molar-refractivity contribution is 5.72. The fourth-order valence-corrected chi connectivity index (χ4v) is 1.91. The maximum Gasteiger partial charge on any atom is 0.167 e. The van der Waals surface area contributed by atoms with E-state index in [1.54, 1.807) is 24.3 Å². The van der Waals surface area contributed by atoms with Crippen LogP contribution in [0.15, 0.2) is 30.3 Å². The lowest BCUT2D eigenvalue weighted by Crippen LogP contribution is -1.93. The zero-order valence-corrected chi connectivity index (χ0v) is 10.2. The Balaban J connectivity index is 2.55. The average molecular weight is 244 g/mol. The van der Waals surface area contributed by atoms with E-state index in [1.807, 2.05) is 6.07 Å². The Hall–Kier alpha value is -2.23. The van der Waals surface area contributed by atoms with Crippen LogP contribution in [0.4, 0.5) is 5.82 Å². The second-order valence-corrected chi connectivity index (χ2v) is 4.21. The zero-order valence-electron chi connectivity index (χ0n) is 10.2. The van der Waals surface area contributed by atoms with Crippen LogP contribution in [0.2, 0.25) is 0 Å². The number of aryl methyl sites for hydroxylation is 1. The van der Waals surface area contributed by atoms with Gasteiger partial charge in [-0.15, -0.1) is 0 Å². The molecule has 0 saturated heterocycles. The summed E-state index contributed by atoms with van der Waals surface area (Å²) in [5.74, 6) is 0.0976. The minimum Gasteiger partial charge on any atom is -0.504 e. The number of nitrogens with zero attached hydrogens (tertiary/aromatic N) is 1. The van der Waals surface area contributed by atoms with Crippen molar-refractivity contribution < 1.29 is 10.2 Å². The van der Waals surface area contributed by atoms with Gasteiger partial charge in [-0.2, -0.15) is 0 Å². The Labute approximate surface area is 106 Å². The minimum absolute atomic E-state index is 0.125. The van der Waals surface area contributed by atoms with E-state index in [4.69, 9.17) is 5.73 Å². The van der Waals surface area contributed by atoms with Crippen molar-refractivity contribution in [2.24, 2.45) is 0 Å². The second-order valence-electron chi connectivity index (χ2n) is 4.21. The summed E-state index contributed by atoms with van der Waals surface area (Å²) < 4.78 is 0. The van der Waals surface area contributed by atoms with Crippen LogP contribution in [0.25, 0.3) is 11.3 Å². The summed E-state index contributed by atoms with van der Waals surface area (Å²) in [4.78, 5) is 4.15. The maximum absolute atomic E-state index is 9.90. The molecule has 0 spiro atoms. The molecule has 0 bridgehead atoms. The number of benzene rings is 1. The van der Waals surface area contributed by atoms with E-state index in [0.717, 1.165) is 18.4 Å². The van der Waals surface area contributed by atoms with Crippen molar-refractivity contribution in [1.29, 1.82) is 0 Å². The first-order valence-electron chi connectivity index (χ1n) is 5.89. The molecule has 4 nitrogen and oxygen atoms in total. The number of phenols is 2. The standard InChI is InChI=1S/C14H16N2O2/c1-2-4-9-7-10(14(18)12(17)8-9)11-5-3-6-13(15)16-11/h3,5-8,17-18H,2,4H2,1H3,(H2,15,16). The molecule has 18 heavy (non-hydrogen) atoms. The number of aromatic nitrogens is 1. The topological polar surface area (TPSA) is 79.4 Å². The fraction of sp³-hybridized carbons (Fsp3) is 0.214. The van der Waals surface area contributed by atoms with Crippen molar-refractivity contribution in [3.05, 3.63) is 35.9 Å². The highest BCUT2D eigenvalue weighted by atomic mass is 16.3. The van der Waals surface area contributed by atoms with Gasteiger partial charge in [0.25, 0.3) is 0 Å². The number of nitrogen functional groups attached to an aromatic ring is 1. The van der Waals surface area contributed by atoms with E-state index in [0.29, 0.717) is 17.1 Å². The Morgan fingerprint density at radius 1 is 1.22 bits per heavy atom. The van der Waals surface area contributed by atoms with E-state index in [2.05, 4.69) is 11.9 Å². The molecule has 2 aromatic rings. The van der Waals surface area contributed by atoms with Crippen molar-refractivity contribution in [3.63, 3.8) is 0 Å². The van der Waals surface area contributed by atoms with E-state index < -0.39 is 0 Å². The molecule has 0 radical (unpaired) electrons. The molecule has 4 heteroatoms. The maximum atomic E-state index is 9.90. The van der Waals surface area contributed by atoms with Gasteiger partial charge in [0, 0.05) is 5.56 Å². The Morgan fingerprint density at radius 2 is 2.00 bits per heavy atom. The summed E-state index contributed by atoms with van der Waals surface area (Å²) in [6.45, 7) is 2.06. The van der Waals surface area contributed by atoms with Gasteiger partial charge in [0.1, 0.15) is 5.82 Å². The summed E-state index contributed by atoms with van der Waals surface area (Å²) in [6.07, 6.45) is 1.80. The molecule has 0 unspecified atom stereocenters. The van der Waals surface area contributed by atoms with Gasteiger partial charge in [0.2, 0.25) is 0 Å². The predicted molar refractivity (Wildman–Crippen MR) is 71.4 cm³/mol. The number of pyridine rings is 1. The molecule has 0 aliphatic carbocycles. The predicted octanol–water partition coefficient (Wildman–Crippen LogP) is 2.69. The van der Waals surface area contributed by atoms with Gasteiger partial charge in [-0.3, -0.25) is 0 Å². The SMILES string of the molecule is CCCc1cc(O)c(O)c(-c2cccc(N)n2)c1. The van der Waals surface area contributed by atoms with Crippen LogP contribution in [0.1, 0.15) is 18.9 Å². The Bertz CT molecular complexity index is 568. The van der Waals surface area contributed by atoms with Crippen LogP contribution in [-0.4, -0.2) is 15.2 Å². The largest absolute Gasteiger partial charge is 0.504 e. The van der Waals surface area contributed by atoms with Crippen molar-refractivity contribution in [2.45, 2.75) is 19.8 Å². The molecule has 0 fully saturated rings. The summed E-state index contributed by atoms with van der Waals surface area (Å²) >= 11 is 0. The molecule has 1 aromatic heterocycles. The van der Waals surface area contributed by atoms with E-state index in [1.165, 1.54) is 0 Å². The number of hydrogen-bond acceptors (Lipinski definition) is 4. The lowest BCUT2D eigenvalue weighted by atomic mass is 10.0. The highest BCUT2D eigenvalue weighted by Crippen LogP contribution is 2.37. The highest BCUT2D eigenvalue weighted by Gasteiger charge is 2.12. The number of hydrogen-bond donors (Lipinski definition) is 3. The van der Waals surface area contributed by atoms with Crippen LogP contribution < -0.4 is 5.73 Å². The third-order valence-corrected chi connectivity index (χ3v) is 2.73. The zero-order chi connectivity index (χ0) is 13.1. The van der Waals surface area contributed by atoms with Gasteiger partial charge in [0.05, 0.1) is 5.69 Å². The van der Waals surface area contributed by atoms with Crippen molar-refractivity contribution in [2.75, 3.05) is 5.73 Å². The second kappa shape index (κ2) is 4.96. The lowest BCUT2D eigenvalue weighted by molar-refractivity contribution is 0.404. The number of anilines is 1. The molecule has 0 aliphatic rings. The molecule has 4 N–H and O–H groups in total. The van der Waals surface area contributed by atoms with Gasteiger partial charge in [-0.1, -0.05) is 19.4 Å². The Kier molecular flexibility index (Phi) is 3.37. The van der Waals surface area contributed by atoms with Gasteiger partial charge in [-0.25, -0.2) is 4.98 Å². The van der Waals surface area contributed by atoms with Crippen molar-refractivity contribution >= 4 is 5.82 Å². The minimum atomic E-state index is -0.159. The summed E-state index contributed by atoms with van der Waals surface area (Å²) in [6, 6.07) is 8.60. The summed E-state index contributed by atoms with van der Waals surface area (Å²) in [7, 11) is 0. The van der Waals surface area contributed by atoms with E-state index in [-0.39, 0.29) is 11.5 Å². The summed E-state index contributed by atoms with van der Waals surface area (Å²) in [5, 5.41) is 19.6. The molecule has 94 valence electrons. The molecule has 2 rings (SSSR count). The van der Waals surface area contributed by atoms with Gasteiger partial charge >= 0.3 is 0 Å². The van der Waals surface area contributed by atoms with Crippen LogP contribution in [0.3, 0.4) is 0 Å². The van der Waals surface area contributed by atoms with Crippen molar-refractivity contribution in [3.8, 4) is 22.8 Å². The van der Waals surface area contributed by atoms with Crippen molar-refractivity contribution in [1.82, 2.24) is 4.98 Å². The van der Waals surface area contributed by atoms with Gasteiger partial charge in [-0.05, 0) is 36.2 Å². The first-order chi connectivity index (χ1) is 8.61. The first kappa shape index (κ1) is 12.2. The van der Waals surface area contributed by atoms with E-state index >= 15 is 0 Å². The third-order valence-electron chi connectivity index (χ3n) is 2.73. The van der Waals surface area contributed by atoms with Crippen LogP contribution >= 0.6 is 0 Å². The van der Waals surface area contributed by atoms with Crippen LogP contribution in [0.5, 0.6) is 11.5 Å².